The Morgan fingerprint density at radius 1 is 0.588 bits per heavy atom. The van der Waals surface area contributed by atoms with E-state index in [0.717, 1.165) is 18.3 Å². The monoisotopic (exact) mass is 234 g/mol. The number of rotatable bonds is 0. The zero-order valence-electron chi connectivity index (χ0n) is 11.1. The van der Waals surface area contributed by atoms with E-state index >= 15 is 0 Å². The molecule has 0 heterocycles. The van der Waals surface area contributed by atoms with Gasteiger partial charge < -0.3 is 0 Å². The van der Waals surface area contributed by atoms with Crippen molar-refractivity contribution in [2.24, 2.45) is 10.8 Å². The van der Waals surface area contributed by atoms with Crippen molar-refractivity contribution < 1.29 is 4.79 Å². The Morgan fingerprint density at radius 3 is 1.59 bits per heavy atom. The molecule has 0 aromatic rings. The van der Waals surface area contributed by atoms with Gasteiger partial charge in [-0.05, 0) is 62.2 Å². The number of ketones is 1. The van der Waals surface area contributed by atoms with Crippen LogP contribution in [0.3, 0.4) is 0 Å². The molecule has 0 amide bonds. The molecule has 0 radical (unpaired) electrons. The molecule has 17 heavy (non-hydrogen) atoms. The Kier molecular flexibility index (Phi) is 3.04. The number of hydrogen-bond donors (Lipinski definition) is 0. The van der Waals surface area contributed by atoms with Gasteiger partial charge in [0.15, 0.2) is 0 Å². The highest BCUT2D eigenvalue weighted by atomic mass is 16.1. The van der Waals surface area contributed by atoms with Crippen LogP contribution >= 0.6 is 0 Å². The lowest BCUT2D eigenvalue weighted by molar-refractivity contribution is -0.123. The van der Waals surface area contributed by atoms with Gasteiger partial charge in [0.1, 0.15) is 5.78 Å². The van der Waals surface area contributed by atoms with Crippen molar-refractivity contribution in [3.8, 4) is 0 Å². The molecule has 0 aliphatic heterocycles. The summed E-state index contributed by atoms with van der Waals surface area (Å²) in [4.78, 5) is 11.4. The number of hydrogen-bond acceptors (Lipinski definition) is 1. The average molecular weight is 234 g/mol. The average Bonchev–Trinajstić information content (AvgIpc) is 2.38. The number of carbonyl (C=O) groups is 1. The fourth-order valence-electron chi connectivity index (χ4n) is 4.67. The molecule has 0 bridgehead atoms. The van der Waals surface area contributed by atoms with E-state index < -0.39 is 0 Å². The molecular formula is C16H26O. The van der Waals surface area contributed by atoms with Crippen LogP contribution in [0.15, 0.2) is 0 Å². The minimum Gasteiger partial charge on any atom is -0.300 e. The molecule has 1 nitrogen and oxygen atoms in total. The van der Waals surface area contributed by atoms with E-state index in [2.05, 4.69) is 0 Å². The van der Waals surface area contributed by atoms with E-state index in [-0.39, 0.29) is 0 Å². The van der Waals surface area contributed by atoms with Crippen molar-refractivity contribution in [3.05, 3.63) is 0 Å². The maximum Gasteiger partial charge on any atom is 0.132 e. The fourth-order valence-corrected chi connectivity index (χ4v) is 4.67. The quantitative estimate of drug-likeness (QED) is 0.596. The number of carbonyl (C=O) groups excluding carboxylic acids is 1. The molecule has 0 unspecified atom stereocenters. The summed E-state index contributed by atoms with van der Waals surface area (Å²) >= 11 is 0. The summed E-state index contributed by atoms with van der Waals surface area (Å²) < 4.78 is 0. The third-order valence-corrected chi connectivity index (χ3v) is 6.15. The second kappa shape index (κ2) is 4.40. The standard InChI is InChI=1S/C16H26O/c17-14-4-8-16(9-5-14)12-10-15(11-13-16)6-2-1-3-7-15/h1-13H2. The van der Waals surface area contributed by atoms with Gasteiger partial charge in [0.25, 0.3) is 0 Å². The lowest BCUT2D eigenvalue weighted by Crippen LogP contribution is -2.38. The van der Waals surface area contributed by atoms with E-state index in [1.165, 1.54) is 70.6 Å². The van der Waals surface area contributed by atoms with E-state index in [9.17, 15) is 4.79 Å². The summed E-state index contributed by atoms with van der Waals surface area (Å²) in [5, 5.41) is 0. The lowest BCUT2D eigenvalue weighted by Gasteiger charge is -2.49. The maximum atomic E-state index is 11.4. The predicted octanol–water partition coefficient (Wildman–Crippen LogP) is 4.64. The van der Waals surface area contributed by atoms with Gasteiger partial charge in [-0.1, -0.05) is 19.3 Å². The minimum atomic E-state index is 0.522. The second-order valence-electron chi connectivity index (χ2n) is 7.10. The molecule has 3 rings (SSSR count). The zero-order chi connectivity index (χ0) is 11.8. The van der Waals surface area contributed by atoms with Gasteiger partial charge in [-0.25, -0.2) is 0 Å². The van der Waals surface area contributed by atoms with Gasteiger partial charge in [0, 0.05) is 12.8 Å². The van der Waals surface area contributed by atoms with Crippen LogP contribution in [-0.2, 0) is 4.79 Å². The van der Waals surface area contributed by atoms with Crippen LogP contribution in [0.25, 0.3) is 0 Å². The summed E-state index contributed by atoms with van der Waals surface area (Å²) in [5.41, 5.74) is 1.33. The highest BCUT2D eigenvalue weighted by Gasteiger charge is 2.44. The van der Waals surface area contributed by atoms with Crippen LogP contribution in [0.4, 0.5) is 0 Å². The predicted molar refractivity (Wildman–Crippen MR) is 69.9 cm³/mol. The van der Waals surface area contributed by atoms with Crippen molar-refractivity contribution in [3.63, 3.8) is 0 Å². The number of Topliss-reactive ketones (excluding diaryl/α,β-unsaturated/α-hetero) is 1. The molecule has 3 aliphatic rings. The van der Waals surface area contributed by atoms with Gasteiger partial charge in [-0.3, -0.25) is 4.79 Å². The Morgan fingerprint density at radius 2 is 1.06 bits per heavy atom. The van der Waals surface area contributed by atoms with Crippen molar-refractivity contribution in [2.75, 3.05) is 0 Å². The molecular weight excluding hydrogens is 208 g/mol. The van der Waals surface area contributed by atoms with E-state index in [0.29, 0.717) is 11.2 Å². The van der Waals surface area contributed by atoms with E-state index in [1.54, 1.807) is 0 Å². The molecule has 1 heteroatoms. The van der Waals surface area contributed by atoms with Crippen molar-refractivity contribution >= 4 is 5.78 Å². The zero-order valence-corrected chi connectivity index (χ0v) is 11.1. The third kappa shape index (κ3) is 2.30. The summed E-state index contributed by atoms with van der Waals surface area (Å²) in [7, 11) is 0. The van der Waals surface area contributed by atoms with Gasteiger partial charge >= 0.3 is 0 Å². The first-order valence-corrected chi connectivity index (χ1v) is 7.74. The van der Waals surface area contributed by atoms with Crippen molar-refractivity contribution in [1.82, 2.24) is 0 Å². The third-order valence-electron chi connectivity index (χ3n) is 6.15. The molecule has 0 N–H and O–H groups in total. The Labute approximate surface area is 105 Å². The Hall–Kier alpha value is -0.330. The van der Waals surface area contributed by atoms with E-state index in [1.807, 2.05) is 0 Å². The molecule has 0 saturated heterocycles. The van der Waals surface area contributed by atoms with Gasteiger partial charge in [-0.15, -0.1) is 0 Å². The van der Waals surface area contributed by atoms with Gasteiger partial charge in [-0.2, -0.15) is 0 Å². The Balaban J connectivity index is 1.61. The molecule has 0 aromatic heterocycles. The molecule has 3 fully saturated rings. The molecule has 0 atom stereocenters. The first-order valence-electron chi connectivity index (χ1n) is 7.74. The first kappa shape index (κ1) is 11.7. The summed E-state index contributed by atoms with van der Waals surface area (Å²) in [6, 6.07) is 0. The van der Waals surface area contributed by atoms with Crippen molar-refractivity contribution in [1.29, 1.82) is 0 Å². The normalized spacial score (nSPS) is 31.9. The summed E-state index contributed by atoms with van der Waals surface area (Å²) in [6.07, 6.45) is 17.4. The fraction of sp³-hybridized carbons (Fsp3) is 0.938. The van der Waals surface area contributed by atoms with Gasteiger partial charge in [0.05, 0.1) is 0 Å². The summed E-state index contributed by atoms with van der Waals surface area (Å²) in [5.74, 6) is 0.522. The molecule has 2 spiro atoms. The SMILES string of the molecule is O=C1CCC2(CC1)CCC1(CCCCC1)CC2. The second-order valence-corrected chi connectivity index (χ2v) is 7.10. The van der Waals surface area contributed by atoms with Crippen molar-refractivity contribution in [2.45, 2.75) is 83.5 Å². The molecule has 96 valence electrons. The van der Waals surface area contributed by atoms with Crippen LogP contribution in [-0.4, -0.2) is 5.78 Å². The maximum absolute atomic E-state index is 11.4. The highest BCUT2D eigenvalue weighted by Crippen LogP contribution is 2.56. The van der Waals surface area contributed by atoms with Crippen LogP contribution < -0.4 is 0 Å². The topological polar surface area (TPSA) is 17.1 Å². The smallest absolute Gasteiger partial charge is 0.132 e. The lowest BCUT2D eigenvalue weighted by atomic mass is 9.56. The first-order chi connectivity index (χ1) is 8.22. The van der Waals surface area contributed by atoms with Crippen LogP contribution in [0.2, 0.25) is 0 Å². The Bertz CT molecular complexity index is 277. The molecule has 3 aliphatic carbocycles. The van der Waals surface area contributed by atoms with E-state index in [4.69, 9.17) is 0 Å². The molecule has 0 aromatic carbocycles. The van der Waals surface area contributed by atoms with Gasteiger partial charge in [0.2, 0.25) is 0 Å². The highest BCUT2D eigenvalue weighted by molar-refractivity contribution is 5.79. The van der Waals surface area contributed by atoms with Crippen LogP contribution in [0.1, 0.15) is 83.5 Å². The largest absolute Gasteiger partial charge is 0.300 e. The van der Waals surface area contributed by atoms with Crippen LogP contribution in [0, 0.1) is 10.8 Å². The van der Waals surface area contributed by atoms with Crippen LogP contribution in [0.5, 0.6) is 0 Å². The minimum absolute atomic E-state index is 0.522. The molecule has 3 saturated carbocycles. The summed E-state index contributed by atoms with van der Waals surface area (Å²) in [6.45, 7) is 0.